The van der Waals surface area contributed by atoms with Crippen LogP contribution in [0.3, 0.4) is 0 Å². The summed E-state index contributed by atoms with van der Waals surface area (Å²) < 4.78 is 7.54. The van der Waals surface area contributed by atoms with Crippen LogP contribution in [0.5, 0.6) is 0 Å². The van der Waals surface area contributed by atoms with Crippen LogP contribution in [0, 0.1) is 5.92 Å². The number of hydrogen-bond donors (Lipinski definition) is 0. The smallest absolute Gasteiger partial charge is 0.346 e. The van der Waals surface area contributed by atoms with Crippen molar-refractivity contribution >= 4 is 11.9 Å². The summed E-state index contributed by atoms with van der Waals surface area (Å²) >= 11 is 0. The third-order valence-electron chi connectivity index (χ3n) is 4.14. The number of carbonyl (C=O) groups excluding carboxylic acids is 2. The van der Waals surface area contributed by atoms with Crippen molar-refractivity contribution < 1.29 is 14.3 Å². The van der Waals surface area contributed by atoms with Crippen LogP contribution in [0.2, 0.25) is 0 Å². The van der Waals surface area contributed by atoms with Crippen molar-refractivity contribution in [1.82, 2.24) is 19.2 Å². The molecular weight excluding hydrogens is 300 g/mol. The van der Waals surface area contributed by atoms with Crippen molar-refractivity contribution in [2.24, 2.45) is 5.92 Å². The molecule has 8 heteroatoms. The summed E-state index contributed by atoms with van der Waals surface area (Å²) in [4.78, 5) is 37.4. The van der Waals surface area contributed by atoms with Gasteiger partial charge in [0.2, 0.25) is 5.91 Å². The van der Waals surface area contributed by atoms with Crippen molar-refractivity contribution in [2.75, 3.05) is 20.7 Å². The van der Waals surface area contributed by atoms with Gasteiger partial charge in [-0.1, -0.05) is 13.3 Å². The van der Waals surface area contributed by atoms with Crippen LogP contribution in [-0.4, -0.2) is 51.8 Å². The van der Waals surface area contributed by atoms with E-state index in [1.54, 1.807) is 18.5 Å². The predicted octanol–water partition coefficient (Wildman–Crippen LogP) is 0.0387. The molecular formula is C15H24N4O4. The lowest BCUT2D eigenvalue weighted by Gasteiger charge is -2.20. The van der Waals surface area contributed by atoms with E-state index in [-0.39, 0.29) is 30.7 Å². The number of amides is 1. The molecule has 1 aromatic rings. The van der Waals surface area contributed by atoms with Gasteiger partial charge in [-0.3, -0.25) is 14.2 Å². The molecule has 0 saturated heterocycles. The molecule has 1 aliphatic rings. The van der Waals surface area contributed by atoms with Crippen LogP contribution in [0.25, 0.3) is 0 Å². The minimum Gasteiger partial charge on any atom is -0.469 e. The predicted molar refractivity (Wildman–Crippen MR) is 82.9 cm³/mol. The maximum atomic E-state index is 12.3. The second-order valence-corrected chi connectivity index (χ2v) is 6.02. The number of fused-ring (bicyclic) bond motifs is 1. The average Bonchev–Trinajstić information content (AvgIpc) is 2.70. The Kier molecular flexibility index (Phi) is 5.57. The first kappa shape index (κ1) is 17.2. The summed E-state index contributed by atoms with van der Waals surface area (Å²) in [7, 11) is 2.92. The molecule has 0 N–H and O–H groups in total. The average molecular weight is 324 g/mol. The molecule has 0 aromatic carbocycles. The Hall–Kier alpha value is -2.12. The lowest BCUT2D eigenvalue weighted by Crippen LogP contribution is -2.38. The highest BCUT2D eigenvalue weighted by Crippen LogP contribution is 2.10. The van der Waals surface area contributed by atoms with Crippen LogP contribution >= 0.6 is 0 Å². The van der Waals surface area contributed by atoms with Crippen molar-refractivity contribution in [3.05, 3.63) is 16.3 Å². The molecule has 1 aliphatic heterocycles. The minimum atomic E-state index is -0.413. The molecule has 1 amide bonds. The van der Waals surface area contributed by atoms with Crippen LogP contribution in [-0.2, 0) is 33.8 Å². The molecule has 0 saturated carbocycles. The Labute approximate surface area is 135 Å². The zero-order chi connectivity index (χ0) is 17.0. The standard InChI is InChI=1S/C15H24N4O4/c1-11(14(21)23-3)9-17(2)13(20)10-19-15(22)18-8-6-4-5-7-12(18)16-19/h11H,4-10H2,1-3H3. The van der Waals surface area contributed by atoms with Gasteiger partial charge in [-0.05, 0) is 12.8 Å². The number of esters is 1. The van der Waals surface area contributed by atoms with Gasteiger partial charge in [0.1, 0.15) is 12.4 Å². The number of likely N-dealkylation sites (N-methyl/N-ethyl adjacent to an activating group) is 1. The summed E-state index contributed by atoms with van der Waals surface area (Å²) in [5, 5.41) is 4.29. The molecule has 128 valence electrons. The summed E-state index contributed by atoms with van der Waals surface area (Å²) in [5.74, 6) is -0.276. The van der Waals surface area contributed by atoms with Gasteiger partial charge in [0.25, 0.3) is 0 Å². The molecule has 0 bridgehead atoms. The van der Waals surface area contributed by atoms with E-state index in [9.17, 15) is 14.4 Å². The number of hydrogen-bond acceptors (Lipinski definition) is 5. The van der Waals surface area contributed by atoms with Gasteiger partial charge in [-0.25, -0.2) is 9.48 Å². The van der Waals surface area contributed by atoms with Crippen molar-refractivity contribution in [3.63, 3.8) is 0 Å². The quantitative estimate of drug-likeness (QED) is 0.714. The maximum absolute atomic E-state index is 12.3. The SMILES string of the molecule is COC(=O)C(C)CN(C)C(=O)Cn1nc2n(c1=O)CCCCC2. The van der Waals surface area contributed by atoms with Crippen molar-refractivity contribution in [1.29, 1.82) is 0 Å². The highest BCUT2D eigenvalue weighted by Gasteiger charge is 2.21. The van der Waals surface area contributed by atoms with Crippen molar-refractivity contribution in [3.8, 4) is 0 Å². The molecule has 2 heterocycles. The Morgan fingerprint density at radius 3 is 2.78 bits per heavy atom. The number of aryl methyl sites for hydroxylation is 1. The maximum Gasteiger partial charge on any atom is 0.346 e. The molecule has 0 spiro atoms. The first-order valence-corrected chi connectivity index (χ1v) is 7.92. The number of nitrogens with zero attached hydrogens (tertiary/aromatic N) is 4. The van der Waals surface area contributed by atoms with Crippen molar-refractivity contribution in [2.45, 2.75) is 45.7 Å². The van der Waals surface area contributed by atoms with E-state index in [0.717, 1.165) is 31.5 Å². The monoisotopic (exact) mass is 324 g/mol. The molecule has 1 atom stereocenters. The minimum absolute atomic E-state index is 0.108. The van der Waals surface area contributed by atoms with Gasteiger partial charge in [0.15, 0.2) is 0 Å². The van der Waals surface area contributed by atoms with Crippen LogP contribution in [0.4, 0.5) is 0 Å². The third kappa shape index (κ3) is 4.00. The second kappa shape index (κ2) is 7.43. The molecule has 1 unspecified atom stereocenters. The molecule has 1 aromatic heterocycles. The second-order valence-electron chi connectivity index (χ2n) is 6.02. The van der Waals surface area contributed by atoms with E-state index in [2.05, 4.69) is 9.84 Å². The van der Waals surface area contributed by atoms with E-state index in [1.807, 2.05) is 0 Å². The van der Waals surface area contributed by atoms with Crippen LogP contribution < -0.4 is 5.69 Å². The molecule has 2 rings (SSSR count). The fourth-order valence-corrected chi connectivity index (χ4v) is 2.77. The molecule has 0 fully saturated rings. The fraction of sp³-hybridized carbons (Fsp3) is 0.733. The highest BCUT2D eigenvalue weighted by molar-refractivity contribution is 5.77. The summed E-state index contributed by atoms with van der Waals surface area (Å²) in [5.41, 5.74) is -0.232. The zero-order valence-corrected chi connectivity index (χ0v) is 13.9. The number of aromatic nitrogens is 3. The Bertz CT molecular complexity index is 634. The first-order chi connectivity index (χ1) is 10.9. The third-order valence-corrected chi connectivity index (χ3v) is 4.14. The molecule has 0 radical (unpaired) electrons. The Morgan fingerprint density at radius 2 is 2.09 bits per heavy atom. The largest absolute Gasteiger partial charge is 0.469 e. The van der Waals surface area contributed by atoms with E-state index in [1.165, 1.54) is 16.7 Å². The number of carbonyl (C=O) groups is 2. The van der Waals surface area contributed by atoms with Crippen LogP contribution in [0.1, 0.15) is 32.0 Å². The summed E-state index contributed by atoms with van der Waals surface area (Å²) in [6, 6.07) is 0. The molecule has 23 heavy (non-hydrogen) atoms. The highest BCUT2D eigenvalue weighted by atomic mass is 16.5. The van der Waals surface area contributed by atoms with E-state index in [0.29, 0.717) is 6.54 Å². The normalized spacial score (nSPS) is 15.4. The number of methoxy groups -OCH3 is 1. The molecule has 0 aliphatic carbocycles. The lowest BCUT2D eigenvalue weighted by molar-refractivity contribution is -0.146. The lowest BCUT2D eigenvalue weighted by atomic mass is 10.2. The van der Waals surface area contributed by atoms with Gasteiger partial charge in [-0.15, -0.1) is 0 Å². The summed E-state index contributed by atoms with van der Waals surface area (Å²) in [6.07, 6.45) is 3.84. The van der Waals surface area contributed by atoms with Gasteiger partial charge >= 0.3 is 11.7 Å². The van der Waals surface area contributed by atoms with E-state index in [4.69, 9.17) is 0 Å². The van der Waals surface area contributed by atoms with Gasteiger partial charge in [0.05, 0.1) is 13.0 Å². The van der Waals surface area contributed by atoms with Gasteiger partial charge in [0, 0.05) is 26.6 Å². The Morgan fingerprint density at radius 1 is 1.35 bits per heavy atom. The van der Waals surface area contributed by atoms with Gasteiger partial charge in [-0.2, -0.15) is 5.10 Å². The number of rotatable bonds is 5. The summed E-state index contributed by atoms with van der Waals surface area (Å²) in [6.45, 7) is 2.50. The van der Waals surface area contributed by atoms with Crippen LogP contribution in [0.15, 0.2) is 4.79 Å². The fourth-order valence-electron chi connectivity index (χ4n) is 2.77. The first-order valence-electron chi connectivity index (χ1n) is 7.92. The number of ether oxygens (including phenoxy) is 1. The topological polar surface area (TPSA) is 86.4 Å². The Balaban J connectivity index is 2.03. The van der Waals surface area contributed by atoms with Gasteiger partial charge < -0.3 is 9.64 Å². The zero-order valence-electron chi connectivity index (χ0n) is 13.9. The van der Waals surface area contributed by atoms with E-state index >= 15 is 0 Å². The van der Waals surface area contributed by atoms with E-state index < -0.39 is 5.92 Å². The molecule has 8 nitrogen and oxygen atoms in total.